The maximum absolute atomic E-state index is 13.1. The molecule has 1 N–H and O–H groups in total. The van der Waals surface area contributed by atoms with Crippen molar-refractivity contribution in [1.29, 1.82) is 0 Å². The van der Waals surface area contributed by atoms with Crippen molar-refractivity contribution in [1.82, 2.24) is 15.1 Å². The first kappa shape index (κ1) is 18.9. The number of benzene rings is 1. The Morgan fingerprint density at radius 2 is 1.97 bits per heavy atom. The number of hydrogen-bond donors (Lipinski definition) is 1. The molecule has 7 heteroatoms. The zero-order valence-corrected chi connectivity index (χ0v) is 16.7. The predicted molar refractivity (Wildman–Crippen MR) is 109 cm³/mol. The van der Waals surface area contributed by atoms with Crippen molar-refractivity contribution < 1.29 is 14.4 Å². The molecule has 4 aliphatic rings. The van der Waals surface area contributed by atoms with Gasteiger partial charge in [0.15, 0.2) is 0 Å². The fourth-order valence-electron chi connectivity index (χ4n) is 5.13. The molecule has 1 aromatic rings. The van der Waals surface area contributed by atoms with Crippen LogP contribution in [0.1, 0.15) is 60.9 Å². The number of nitrogens with one attached hydrogen (secondary N) is 1. The molecule has 6 nitrogen and oxygen atoms in total. The van der Waals surface area contributed by atoms with Crippen molar-refractivity contribution in [3.05, 3.63) is 29.3 Å². The van der Waals surface area contributed by atoms with E-state index in [1.165, 1.54) is 19.3 Å². The summed E-state index contributed by atoms with van der Waals surface area (Å²) in [4.78, 5) is 42.4. The molecule has 0 aromatic heterocycles. The van der Waals surface area contributed by atoms with E-state index in [0.717, 1.165) is 36.4 Å². The molecule has 150 valence electrons. The molecular formula is C22H26BN3O3. The van der Waals surface area contributed by atoms with Gasteiger partial charge in [0.1, 0.15) is 14.4 Å². The topological polar surface area (TPSA) is 69.7 Å². The second-order valence-corrected chi connectivity index (χ2v) is 9.07. The van der Waals surface area contributed by atoms with E-state index >= 15 is 0 Å². The third kappa shape index (κ3) is 3.20. The second kappa shape index (κ2) is 6.97. The van der Waals surface area contributed by atoms with Crippen molar-refractivity contribution in [2.24, 2.45) is 0 Å². The minimum absolute atomic E-state index is 0.0915. The number of carbonyl (C=O) groups excluding carboxylic acids is 3. The SMILES string of the molecule is [B]c1ccc2c(c1)C1(CC1)C(=O)N(CC(=O)NC1CCCN(C3CCC3)C1)C2=O. The monoisotopic (exact) mass is 391 g/mol. The number of carbonyl (C=O) groups is 3. The molecule has 1 unspecified atom stereocenters. The fraction of sp³-hybridized carbons (Fsp3) is 0.591. The van der Waals surface area contributed by atoms with Gasteiger partial charge in [0.2, 0.25) is 11.8 Å². The Bertz CT molecular complexity index is 878. The van der Waals surface area contributed by atoms with Crippen LogP contribution in [0, 0.1) is 0 Å². The summed E-state index contributed by atoms with van der Waals surface area (Å²) in [6.45, 7) is 1.76. The normalized spacial score (nSPS) is 26.2. The number of likely N-dealkylation sites (tertiary alicyclic amines) is 1. The summed E-state index contributed by atoms with van der Waals surface area (Å²) in [6, 6.07) is 5.86. The second-order valence-electron chi connectivity index (χ2n) is 9.07. The quantitative estimate of drug-likeness (QED) is 0.604. The Labute approximate surface area is 172 Å². The Morgan fingerprint density at radius 3 is 2.66 bits per heavy atom. The van der Waals surface area contributed by atoms with E-state index in [1.807, 2.05) is 0 Å². The van der Waals surface area contributed by atoms with Crippen LogP contribution < -0.4 is 10.8 Å². The number of rotatable bonds is 4. The average Bonchev–Trinajstić information content (AvgIpc) is 3.45. The molecule has 5 rings (SSSR count). The lowest BCUT2D eigenvalue weighted by Crippen LogP contribution is -2.56. The van der Waals surface area contributed by atoms with Gasteiger partial charge in [-0.15, -0.1) is 0 Å². The molecule has 2 radical (unpaired) electrons. The van der Waals surface area contributed by atoms with Crippen LogP contribution in [0.4, 0.5) is 0 Å². The highest BCUT2D eigenvalue weighted by Gasteiger charge is 2.58. The predicted octanol–water partition coefficient (Wildman–Crippen LogP) is 0.628. The summed E-state index contributed by atoms with van der Waals surface area (Å²) in [5.74, 6) is -0.894. The molecule has 1 atom stereocenters. The third-order valence-electron chi connectivity index (χ3n) is 7.15. The van der Waals surface area contributed by atoms with Gasteiger partial charge in [0.25, 0.3) is 5.91 Å². The Hall–Kier alpha value is -2.15. The molecule has 2 heterocycles. The molecule has 3 fully saturated rings. The molecule has 2 saturated carbocycles. The number of nitrogens with zero attached hydrogens (tertiary/aromatic N) is 2. The average molecular weight is 391 g/mol. The Balaban J connectivity index is 1.28. The van der Waals surface area contributed by atoms with Gasteiger partial charge >= 0.3 is 0 Å². The van der Waals surface area contributed by atoms with Gasteiger partial charge < -0.3 is 5.32 Å². The maximum atomic E-state index is 13.1. The van der Waals surface area contributed by atoms with Gasteiger partial charge in [-0.05, 0) is 56.7 Å². The zero-order valence-electron chi connectivity index (χ0n) is 16.7. The van der Waals surface area contributed by atoms with Gasteiger partial charge in [0.05, 0.1) is 5.41 Å². The summed E-state index contributed by atoms with van der Waals surface area (Å²) in [5, 5.41) is 3.07. The molecule has 1 spiro atoms. The van der Waals surface area contributed by atoms with Crippen LogP contribution in [0.25, 0.3) is 0 Å². The summed E-state index contributed by atoms with van der Waals surface area (Å²) in [5.41, 5.74) is 1.12. The molecule has 1 saturated heterocycles. The lowest BCUT2D eigenvalue weighted by molar-refractivity contribution is -0.136. The van der Waals surface area contributed by atoms with Gasteiger partial charge in [-0.3, -0.25) is 24.2 Å². The van der Waals surface area contributed by atoms with Crippen molar-refractivity contribution in [3.8, 4) is 0 Å². The van der Waals surface area contributed by atoms with Crippen LogP contribution in [0.2, 0.25) is 0 Å². The van der Waals surface area contributed by atoms with Crippen LogP contribution >= 0.6 is 0 Å². The first-order valence-electron chi connectivity index (χ1n) is 10.8. The first-order chi connectivity index (χ1) is 14.0. The van der Waals surface area contributed by atoms with Crippen molar-refractivity contribution >= 4 is 31.0 Å². The van der Waals surface area contributed by atoms with E-state index in [0.29, 0.717) is 29.9 Å². The molecule has 29 heavy (non-hydrogen) atoms. The number of piperidine rings is 1. The highest BCUT2D eigenvalue weighted by Crippen LogP contribution is 2.52. The fourth-order valence-corrected chi connectivity index (χ4v) is 5.13. The van der Waals surface area contributed by atoms with Gasteiger partial charge in [0, 0.05) is 24.2 Å². The first-order valence-corrected chi connectivity index (χ1v) is 10.8. The van der Waals surface area contributed by atoms with E-state index in [4.69, 9.17) is 7.85 Å². The highest BCUT2D eigenvalue weighted by atomic mass is 16.2. The summed E-state index contributed by atoms with van der Waals surface area (Å²) in [7, 11) is 5.88. The van der Waals surface area contributed by atoms with Crippen LogP contribution in [-0.2, 0) is 15.0 Å². The lowest BCUT2D eigenvalue weighted by atomic mass is 9.81. The zero-order chi connectivity index (χ0) is 20.2. The van der Waals surface area contributed by atoms with Crippen LogP contribution in [0.15, 0.2) is 18.2 Å². The molecule has 2 aliphatic heterocycles. The smallest absolute Gasteiger partial charge is 0.261 e. The number of amides is 3. The Kier molecular flexibility index (Phi) is 4.54. The molecule has 2 aliphatic carbocycles. The van der Waals surface area contributed by atoms with Crippen molar-refractivity contribution in [2.75, 3.05) is 19.6 Å². The van der Waals surface area contributed by atoms with Crippen LogP contribution in [-0.4, -0.2) is 67.1 Å². The van der Waals surface area contributed by atoms with E-state index in [2.05, 4.69) is 10.2 Å². The van der Waals surface area contributed by atoms with Gasteiger partial charge in [-0.25, -0.2) is 0 Å². The van der Waals surface area contributed by atoms with Crippen LogP contribution in [0.3, 0.4) is 0 Å². The van der Waals surface area contributed by atoms with Gasteiger partial charge in [-0.2, -0.15) is 0 Å². The van der Waals surface area contributed by atoms with E-state index in [9.17, 15) is 14.4 Å². The van der Waals surface area contributed by atoms with E-state index in [1.54, 1.807) is 18.2 Å². The molecule has 0 bridgehead atoms. The molecular weight excluding hydrogens is 365 g/mol. The van der Waals surface area contributed by atoms with Gasteiger partial charge in [-0.1, -0.05) is 24.0 Å². The third-order valence-corrected chi connectivity index (χ3v) is 7.15. The van der Waals surface area contributed by atoms with E-state index < -0.39 is 11.3 Å². The summed E-state index contributed by atoms with van der Waals surface area (Å²) < 4.78 is 0. The standard InChI is InChI=1S/C22H26BN3O3/c23-14-6-7-17-18(11-14)22(8-9-22)21(29)26(20(17)28)13-19(27)24-15-3-2-10-25(12-15)16-4-1-5-16/h6-7,11,15-16H,1-5,8-10,12-13H2,(H,24,27). The van der Waals surface area contributed by atoms with Crippen molar-refractivity contribution in [3.63, 3.8) is 0 Å². The Morgan fingerprint density at radius 1 is 1.17 bits per heavy atom. The number of imide groups is 1. The highest BCUT2D eigenvalue weighted by molar-refractivity contribution is 6.32. The molecule has 3 amide bonds. The summed E-state index contributed by atoms with van der Waals surface area (Å²) in [6.07, 6.45) is 7.22. The minimum Gasteiger partial charge on any atom is -0.351 e. The minimum atomic E-state index is -0.662. The molecule has 1 aromatic carbocycles. The maximum Gasteiger partial charge on any atom is 0.261 e. The lowest BCUT2D eigenvalue weighted by Gasteiger charge is -2.42. The van der Waals surface area contributed by atoms with Crippen LogP contribution in [0.5, 0.6) is 0 Å². The largest absolute Gasteiger partial charge is 0.351 e. The number of hydrogen-bond acceptors (Lipinski definition) is 4. The van der Waals surface area contributed by atoms with Crippen molar-refractivity contribution in [2.45, 2.75) is 62.4 Å². The number of fused-ring (bicyclic) bond motifs is 2. The van der Waals surface area contributed by atoms with E-state index in [-0.39, 0.29) is 24.4 Å². The summed E-state index contributed by atoms with van der Waals surface area (Å²) >= 11 is 0.